The highest BCUT2D eigenvalue weighted by atomic mass is 16.2. The summed E-state index contributed by atoms with van der Waals surface area (Å²) in [5, 5.41) is 3.43. The maximum atomic E-state index is 11.6. The van der Waals surface area contributed by atoms with Crippen LogP contribution >= 0.6 is 0 Å². The number of hydrogen-bond donors (Lipinski definition) is 1. The first-order chi connectivity index (χ1) is 9.08. The summed E-state index contributed by atoms with van der Waals surface area (Å²) >= 11 is 0. The van der Waals surface area contributed by atoms with E-state index in [4.69, 9.17) is 0 Å². The quantitative estimate of drug-likeness (QED) is 0.797. The molecule has 0 unspecified atom stereocenters. The first kappa shape index (κ1) is 14.1. The van der Waals surface area contributed by atoms with Crippen LogP contribution in [0.2, 0.25) is 0 Å². The highest BCUT2D eigenvalue weighted by molar-refractivity contribution is 6.00. The number of rotatable bonds is 6. The van der Waals surface area contributed by atoms with Crippen LogP contribution in [-0.2, 0) is 17.6 Å². The lowest BCUT2D eigenvalue weighted by molar-refractivity contribution is -0.117. The fraction of sp³-hybridized carbons (Fsp3) is 0.562. The van der Waals surface area contributed by atoms with Crippen molar-refractivity contribution in [1.82, 2.24) is 5.32 Å². The van der Waals surface area contributed by atoms with Gasteiger partial charge in [0.2, 0.25) is 5.91 Å². The number of carbonyl (C=O) groups excluding carboxylic acids is 1. The van der Waals surface area contributed by atoms with E-state index in [0.717, 1.165) is 18.7 Å². The molecule has 0 spiro atoms. The predicted molar refractivity (Wildman–Crippen MR) is 79.6 cm³/mol. The number of benzene rings is 1. The lowest BCUT2D eigenvalue weighted by Crippen LogP contribution is -2.23. The molecule has 0 aliphatic carbocycles. The number of anilines is 1. The summed E-state index contributed by atoms with van der Waals surface area (Å²) in [5.41, 5.74) is 3.62. The van der Waals surface area contributed by atoms with Crippen LogP contribution in [0.15, 0.2) is 18.2 Å². The Labute approximate surface area is 116 Å². The number of unbranched alkanes of at least 4 members (excludes halogenated alkanes) is 1. The lowest BCUT2D eigenvalue weighted by Gasteiger charge is -2.11. The molecule has 1 aliphatic heterocycles. The van der Waals surface area contributed by atoms with Gasteiger partial charge in [-0.2, -0.15) is 0 Å². The number of fused-ring (bicyclic) bond motifs is 1. The maximum absolute atomic E-state index is 11.6. The topological polar surface area (TPSA) is 32.3 Å². The van der Waals surface area contributed by atoms with Crippen LogP contribution in [0.3, 0.4) is 0 Å². The van der Waals surface area contributed by atoms with Gasteiger partial charge < -0.3 is 10.2 Å². The van der Waals surface area contributed by atoms with Gasteiger partial charge in [-0.25, -0.2) is 0 Å². The molecule has 0 saturated heterocycles. The van der Waals surface area contributed by atoms with E-state index in [1.54, 1.807) is 4.90 Å². The van der Waals surface area contributed by atoms with Crippen LogP contribution in [0.25, 0.3) is 0 Å². The van der Waals surface area contributed by atoms with Crippen molar-refractivity contribution in [2.45, 2.75) is 45.6 Å². The number of amides is 1. The Hall–Kier alpha value is -1.35. The number of hydrogen-bond acceptors (Lipinski definition) is 2. The highest BCUT2D eigenvalue weighted by Gasteiger charge is 2.23. The molecule has 0 atom stereocenters. The van der Waals surface area contributed by atoms with Crippen molar-refractivity contribution in [2.75, 3.05) is 18.5 Å². The summed E-state index contributed by atoms with van der Waals surface area (Å²) < 4.78 is 0. The van der Waals surface area contributed by atoms with Gasteiger partial charge in [0.25, 0.3) is 0 Å². The molecule has 0 aromatic heterocycles. The number of carbonyl (C=O) groups is 1. The van der Waals surface area contributed by atoms with E-state index in [-0.39, 0.29) is 5.91 Å². The molecule has 1 aromatic carbocycles. The zero-order valence-corrected chi connectivity index (χ0v) is 12.2. The summed E-state index contributed by atoms with van der Waals surface area (Å²) in [5.74, 6) is 0.202. The molecule has 3 heteroatoms. The molecular formula is C16H24N2O. The van der Waals surface area contributed by atoms with Crippen molar-refractivity contribution in [3.05, 3.63) is 29.3 Å². The van der Waals surface area contributed by atoms with Crippen LogP contribution in [0.1, 0.15) is 37.8 Å². The number of aryl methyl sites for hydroxylation is 1. The van der Waals surface area contributed by atoms with Gasteiger partial charge in [-0.3, -0.25) is 4.79 Å². The second kappa shape index (κ2) is 6.20. The third-order valence-electron chi connectivity index (χ3n) is 3.67. The highest BCUT2D eigenvalue weighted by Crippen LogP contribution is 2.28. The number of nitrogens with zero attached hydrogens (tertiary/aromatic N) is 1. The van der Waals surface area contributed by atoms with Gasteiger partial charge in [0.05, 0.1) is 6.42 Å². The molecule has 19 heavy (non-hydrogen) atoms. The van der Waals surface area contributed by atoms with E-state index in [1.165, 1.54) is 24.0 Å². The van der Waals surface area contributed by atoms with Crippen LogP contribution in [-0.4, -0.2) is 25.5 Å². The Morgan fingerprint density at radius 1 is 1.32 bits per heavy atom. The Morgan fingerprint density at radius 2 is 2.11 bits per heavy atom. The summed E-state index contributed by atoms with van der Waals surface area (Å²) in [6, 6.07) is 7.01. The molecule has 3 nitrogen and oxygen atoms in total. The van der Waals surface area contributed by atoms with Crippen molar-refractivity contribution in [3.8, 4) is 0 Å². The van der Waals surface area contributed by atoms with Crippen LogP contribution < -0.4 is 10.2 Å². The molecule has 0 bridgehead atoms. The van der Waals surface area contributed by atoms with Gasteiger partial charge in [0.1, 0.15) is 0 Å². The van der Waals surface area contributed by atoms with Gasteiger partial charge in [-0.1, -0.05) is 26.0 Å². The van der Waals surface area contributed by atoms with Crippen LogP contribution in [0.5, 0.6) is 0 Å². The van der Waals surface area contributed by atoms with Gasteiger partial charge in [-0.05, 0) is 43.0 Å². The van der Waals surface area contributed by atoms with E-state index in [2.05, 4.69) is 37.4 Å². The SMILES string of the molecule is CC(C)NCCCCc1ccc2c(c1)CC(=O)N2C. The zero-order chi connectivity index (χ0) is 13.8. The van der Waals surface area contributed by atoms with E-state index in [1.807, 2.05) is 7.05 Å². The molecule has 0 fully saturated rings. The molecule has 0 saturated carbocycles. The predicted octanol–water partition coefficient (Wildman–Crippen LogP) is 2.53. The summed E-state index contributed by atoms with van der Waals surface area (Å²) in [6.45, 7) is 5.44. The minimum atomic E-state index is 0.202. The molecule has 104 valence electrons. The third-order valence-corrected chi connectivity index (χ3v) is 3.67. The average Bonchev–Trinajstić information content (AvgIpc) is 2.64. The maximum Gasteiger partial charge on any atom is 0.231 e. The molecule has 1 aromatic rings. The van der Waals surface area contributed by atoms with E-state index in [9.17, 15) is 4.79 Å². The normalized spacial score (nSPS) is 14.3. The van der Waals surface area contributed by atoms with Crippen molar-refractivity contribution in [2.24, 2.45) is 0 Å². The number of nitrogens with one attached hydrogen (secondary N) is 1. The van der Waals surface area contributed by atoms with Gasteiger partial charge in [0.15, 0.2) is 0 Å². The van der Waals surface area contributed by atoms with E-state index < -0.39 is 0 Å². The standard InChI is InChI=1S/C16H24N2O/c1-12(2)17-9-5-4-6-13-7-8-15-14(10-13)11-16(19)18(15)3/h7-8,10,12,17H,4-6,9,11H2,1-3H3. The van der Waals surface area contributed by atoms with Gasteiger partial charge >= 0.3 is 0 Å². The molecular weight excluding hydrogens is 236 g/mol. The molecule has 1 aliphatic rings. The monoisotopic (exact) mass is 260 g/mol. The van der Waals surface area contributed by atoms with Crippen molar-refractivity contribution in [1.29, 1.82) is 0 Å². The second-order valence-electron chi connectivity index (χ2n) is 5.66. The average molecular weight is 260 g/mol. The molecule has 0 radical (unpaired) electrons. The Morgan fingerprint density at radius 3 is 2.84 bits per heavy atom. The first-order valence-corrected chi connectivity index (χ1v) is 7.19. The molecule has 1 N–H and O–H groups in total. The molecule has 1 amide bonds. The minimum absolute atomic E-state index is 0.202. The van der Waals surface area contributed by atoms with Crippen molar-refractivity contribution in [3.63, 3.8) is 0 Å². The molecule has 1 heterocycles. The van der Waals surface area contributed by atoms with Crippen LogP contribution in [0, 0.1) is 0 Å². The largest absolute Gasteiger partial charge is 0.315 e. The van der Waals surface area contributed by atoms with Crippen molar-refractivity contribution < 1.29 is 4.79 Å². The second-order valence-corrected chi connectivity index (χ2v) is 5.66. The minimum Gasteiger partial charge on any atom is -0.315 e. The van der Waals surface area contributed by atoms with Gasteiger partial charge in [-0.15, -0.1) is 0 Å². The van der Waals surface area contributed by atoms with Gasteiger partial charge in [0, 0.05) is 18.8 Å². The van der Waals surface area contributed by atoms with E-state index in [0.29, 0.717) is 12.5 Å². The summed E-state index contributed by atoms with van der Waals surface area (Å²) in [6.07, 6.45) is 4.07. The first-order valence-electron chi connectivity index (χ1n) is 7.19. The summed E-state index contributed by atoms with van der Waals surface area (Å²) in [4.78, 5) is 13.4. The van der Waals surface area contributed by atoms with Crippen LogP contribution in [0.4, 0.5) is 5.69 Å². The third kappa shape index (κ3) is 3.57. The lowest BCUT2D eigenvalue weighted by atomic mass is 10.0. The Kier molecular flexibility index (Phi) is 4.59. The fourth-order valence-electron chi connectivity index (χ4n) is 2.52. The Bertz CT molecular complexity index is 454. The number of likely N-dealkylation sites (N-methyl/N-ethyl adjacent to an activating group) is 1. The summed E-state index contributed by atoms with van der Waals surface area (Å²) in [7, 11) is 1.85. The Balaban J connectivity index is 1.83. The smallest absolute Gasteiger partial charge is 0.231 e. The molecule has 2 rings (SSSR count). The van der Waals surface area contributed by atoms with E-state index >= 15 is 0 Å². The van der Waals surface area contributed by atoms with Crippen molar-refractivity contribution >= 4 is 11.6 Å². The zero-order valence-electron chi connectivity index (χ0n) is 12.2. The fourth-order valence-corrected chi connectivity index (χ4v) is 2.52.